The first-order valence-electron chi connectivity index (χ1n) is 5.09. The van der Waals surface area contributed by atoms with Crippen molar-refractivity contribution in [3.05, 3.63) is 29.3 Å². The summed E-state index contributed by atoms with van der Waals surface area (Å²) in [6, 6.07) is 5.70. The summed E-state index contributed by atoms with van der Waals surface area (Å²) >= 11 is 0. The van der Waals surface area contributed by atoms with E-state index in [1.807, 2.05) is 18.2 Å². The molecule has 15 heavy (non-hydrogen) atoms. The lowest BCUT2D eigenvalue weighted by molar-refractivity contribution is -0.138. The van der Waals surface area contributed by atoms with Crippen molar-refractivity contribution in [2.45, 2.75) is 25.7 Å². The van der Waals surface area contributed by atoms with E-state index in [2.05, 4.69) is 6.92 Å². The SMILES string of the molecule is CC1COc2cc(C(C)C(=O)O)ccc21. The van der Waals surface area contributed by atoms with Crippen molar-refractivity contribution in [3.8, 4) is 5.75 Å². The fourth-order valence-corrected chi connectivity index (χ4v) is 1.80. The normalized spacial score (nSPS) is 20.5. The Morgan fingerprint density at radius 2 is 2.33 bits per heavy atom. The molecule has 0 saturated carbocycles. The van der Waals surface area contributed by atoms with Crippen LogP contribution in [0.4, 0.5) is 0 Å². The maximum Gasteiger partial charge on any atom is 0.310 e. The van der Waals surface area contributed by atoms with Gasteiger partial charge in [-0.3, -0.25) is 4.79 Å². The third kappa shape index (κ3) is 1.69. The Balaban J connectivity index is 2.34. The van der Waals surface area contributed by atoms with Gasteiger partial charge in [-0.25, -0.2) is 0 Å². The number of hydrogen-bond donors (Lipinski definition) is 1. The molecule has 0 saturated heterocycles. The minimum atomic E-state index is -0.805. The number of carboxylic acids is 1. The first-order chi connectivity index (χ1) is 7.09. The molecular formula is C12H14O3. The van der Waals surface area contributed by atoms with Crippen molar-refractivity contribution in [2.75, 3.05) is 6.61 Å². The molecule has 0 amide bonds. The van der Waals surface area contributed by atoms with Crippen LogP contribution in [0.2, 0.25) is 0 Å². The highest BCUT2D eigenvalue weighted by atomic mass is 16.5. The van der Waals surface area contributed by atoms with Gasteiger partial charge in [0.25, 0.3) is 0 Å². The van der Waals surface area contributed by atoms with E-state index in [0.29, 0.717) is 12.5 Å². The van der Waals surface area contributed by atoms with E-state index in [-0.39, 0.29) is 0 Å². The number of carboxylic acid groups (broad SMARTS) is 1. The number of benzene rings is 1. The molecule has 2 rings (SSSR count). The van der Waals surface area contributed by atoms with Crippen molar-refractivity contribution >= 4 is 5.97 Å². The molecule has 0 fully saturated rings. The van der Waals surface area contributed by atoms with Gasteiger partial charge in [-0.15, -0.1) is 0 Å². The standard InChI is InChI=1S/C12H14O3/c1-7-6-15-11-5-9(3-4-10(7)11)8(2)12(13)14/h3-5,7-8H,6H2,1-2H3,(H,13,14). The molecule has 3 nitrogen and oxygen atoms in total. The Morgan fingerprint density at radius 3 is 3.00 bits per heavy atom. The van der Waals surface area contributed by atoms with Gasteiger partial charge < -0.3 is 9.84 Å². The second-order valence-electron chi connectivity index (χ2n) is 4.07. The van der Waals surface area contributed by atoms with E-state index in [4.69, 9.17) is 9.84 Å². The largest absolute Gasteiger partial charge is 0.493 e. The van der Waals surface area contributed by atoms with E-state index in [1.54, 1.807) is 6.92 Å². The zero-order valence-corrected chi connectivity index (χ0v) is 8.86. The minimum absolute atomic E-state index is 0.411. The summed E-state index contributed by atoms with van der Waals surface area (Å²) in [6.07, 6.45) is 0. The molecule has 1 aliphatic heterocycles. The van der Waals surface area contributed by atoms with E-state index >= 15 is 0 Å². The lowest BCUT2D eigenvalue weighted by atomic mass is 9.96. The molecule has 80 valence electrons. The van der Waals surface area contributed by atoms with Crippen molar-refractivity contribution in [1.29, 1.82) is 0 Å². The minimum Gasteiger partial charge on any atom is -0.493 e. The topological polar surface area (TPSA) is 46.5 Å². The zero-order chi connectivity index (χ0) is 11.0. The molecular weight excluding hydrogens is 192 g/mol. The molecule has 2 atom stereocenters. The Kier molecular flexibility index (Phi) is 2.39. The van der Waals surface area contributed by atoms with E-state index in [1.165, 1.54) is 5.56 Å². The van der Waals surface area contributed by atoms with Crippen LogP contribution in [-0.2, 0) is 4.79 Å². The predicted octanol–water partition coefficient (Wildman–Crippen LogP) is 2.37. The van der Waals surface area contributed by atoms with Crippen LogP contribution >= 0.6 is 0 Å². The molecule has 0 aliphatic carbocycles. The van der Waals surface area contributed by atoms with E-state index < -0.39 is 11.9 Å². The zero-order valence-electron chi connectivity index (χ0n) is 8.86. The second-order valence-corrected chi connectivity index (χ2v) is 4.07. The van der Waals surface area contributed by atoms with Gasteiger partial charge in [0.05, 0.1) is 12.5 Å². The molecule has 0 bridgehead atoms. The van der Waals surface area contributed by atoms with E-state index in [0.717, 1.165) is 11.3 Å². The predicted molar refractivity (Wildman–Crippen MR) is 56.4 cm³/mol. The van der Waals surface area contributed by atoms with Crippen molar-refractivity contribution in [3.63, 3.8) is 0 Å². The summed E-state index contributed by atoms with van der Waals surface area (Å²) < 4.78 is 5.49. The number of ether oxygens (including phenoxy) is 1. The number of aliphatic carboxylic acids is 1. The highest BCUT2D eigenvalue weighted by molar-refractivity contribution is 5.75. The number of fused-ring (bicyclic) bond motifs is 1. The van der Waals surface area contributed by atoms with Gasteiger partial charge in [0.1, 0.15) is 5.75 Å². The average molecular weight is 206 g/mol. The highest BCUT2D eigenvalue weighted by Gasteiger charge is 2.22. The Labute approximate surface area is 88.7 Å². The smallest absolute Gasteiger partial charge is 0.310 e. The monoisotopic (exact) mass is 206 g/mol. The summed E-state index contributed by atoms with van der Waals surface area (Å²) in [5, 5.41) is 8.90. The van der Waals surface area contributed by atoms with Gasteiger partial charge in [-0.2, -0.15) is 0 Å². The molecule has 1 heterocycles. The first kappa shape index (κ1) is 10.0. The summed E-state index contributed by atoms with van der Waals surface area (Å²) in [5.74, 6) is -0.0296. The Morgan fingerprint density at radius 1 is 1.60 bits per heavy atom. The van der Waals surface area contributed by atoms with Crippen LogP contribution in [-0.4, -0.2) is 17.7 Å². The van der Waals surface area contributed by atoms with Crippen LogP contribution in [0, 0.1) is 0 Å². The molecule has 0 spiro atoms. The van der Waals surface area contributed by atoms with Gasteiger partial charge in [-0.05, 0) is 18.6 Å². The van der Waals surface area contributed by atoms with Crippen LogP contribution in [0.1, 0.15) is 36.8 Å². The van der Waals surface area contributed by atoms with Crippen LogP contribution in [0.15, 0.2) is 18.2 Å². The lowest BCUT2D eigenvalue weighted by Crippen LogP contribution is -2.07. The van der Waals surface area contributed by atoms with E-state index in [9.17, 15) is 4.79 Å². The summed E-state index contributed by atoms with van der Waals surface area (Å²) in [6.45, 7) is 4.48. The summed E-state index contributed by atoms with van der Waals surface area (Å²) in [7, 11) is 0. The Hall–Kier alpha value is -1.51. The Bertz CT molecular complexity index is 398. The van der Waals surface area contributed by atoms with Crippen molar-refractivity contribution in [2.24, 2.45) is 0 Å². The fraction of sp³-hybridized carbons (Fsp3) is 0.417. The van der Waals surface area contributed by atoms with Gasteiger partial charge in [-0.1, -0.05) is 19.1 Å². The second kappa shape index (κ2) is 3.57. The molecule has 1 N–H and O–H groups in total. The van der Waals surface area contributed by atoms with Crippen LogP contribution < -0.4 is 4.74 Å². The van der Waals surface area contributed by atoms with Crippen molar-refractivity contribution < 1.29 is 14.6 Å². The lowest BCUT2D eigenvalue weighted by Gasteiger charge is -2.08. The molecule has 1 aliphatic rings. The average Bonchev–Trinajstić information content (AvgIpc) is 2.59. The molecule has 3 heteroatoms. The molecule has 1 aromatic carbocycles. The maximum absolute atomic E-state index is 10.8. The maximum atomic E-state index is 10.8. The molecule has 0 radical (unpaired) electrons. The third-order valence-corrected chi connectivity index (χ3v) is 2.93. The fourth-order valence-electron chi connectivity index (χ4n) is 1.80. The molecule has 0 aromatic heterocycles. The number of rotatable bonds is 2. The summed E-state index contributed by atoms with van der Waals surface area (Å²) in [5.41, 5.74) is 1.98. The number of hydrogen-bond acceptors (Lipinski definition) is 2. The quantitative estimate of drug-likeness (QED) is 0.808. The highest BCUT2D eigenvalue weighted by Crippen LogP contribution is 2.35. The first-order valence-corrected chi connectivity index (χ1v) is 5.09. The van der Waals surface area contributed by atoms with Gasteiger partial charge >= 0.3 is 5.97 Å². The summed E-state index contributed by atoms with van der Waals surface area (Å²) in [4.78, 5) is 10.8. The number of carbonyl (C=O) groups is 1. The van der Waals surface area contributed by atoms with Gasteiger partial charge in [0.15, 0.2) is 0 Å². The van der Waals surface area contributed by atoms with Crippen LogP contribution in [0.5, 0.6) is 5.75 Å². The molecule has 1 aromatic rings. The van der Waals surface area contributed by atoms with Gasteiger partial charge in [0.2, 0.25) is 0 Å². The third-order valence-electron chi connectivity index (χ3n) is 2.93. The van der Waals surface area contributed by atoms with Crippen LogP contribution in [0.25, 0.3) is 0 Å². The molecule has 2 unspecified atom stereocenters. The van der Waals surface area contributed by atoms with Crippen molar-refractivity contribution in [1.82, 2.24) is 0 Å². The van der Waals surface area contributed by atoms with Crippen LogP contribution in [0.3, 0.4) is 0 Å². The van der Waals surface area contributed by atoms with Gasteiger partial charge in [0, 0.05) is 11.5 Å².